The lowest BCUT2D eigenvalue weighted by Crippen LogP contribution is -2.23. The highest BCUT2D eigenvalue weighted by molar-refractivity contribution is 6.33. The Kier molecular flexibility index (Phi) is 6.28. The van der Waals surface area contributed by atoms with E-state index in [1.54, 1.807) is 48.5 Å². The van der Waals surface area contributed by atoms with Gasteiger partial charge in [-0.05, 0) is 47.5 Å². The van der Waals surface area contributed by atoms with Crippen molar-refractivity contribution in [1.82, 2.24) is 24.4 Å². The number of benzene rings is 2. The first-order valence-electron chi connectivity index (χ1n) is 10.7. The van der Waals surface area contributed by atoms with Gasteiger partial charge in [0.1, 0.15) is 0 Å². The Morgan fingerprint density at radius 1 is 0.833 bits per heavy atom. The maximum absolute atomic E-state index is 13.5. The van der Waals surface area contributed by atoms with Crippen molar-refractivity contribution in [3.05, 3.63) is 104 Å². The molecule has 182 valence electrons. The van der Waals surface area contributed by atoms with Crippen LogP contribution in [0.5, 0.6) is 0 Å². The number of rotatable bonds is 5. The number of nitrogens with zero attached hydrogens (tertiary/aromatic N) is 5. The summed E-state index contributed by atoms with van der Waals surface area (Å²) in [5.41, 5.74) is 2.43. The number of fused-ring (bicyclic) bond motifs is 1. The van der Waals surface area contributed by atoms with Crippen molar-refractivity contribution in [2.24, 2.45) is 0 Å². The Hall–Kier alpha value is -3.33. The highest BCUT2D eigenvalue weighted by atomic mass is 35.5. The molecule has 0 N–H and O–H groups in total. The standard InChI is InChI=1S/C25H16Cl3F2N5O/c1-25(29,30)16-6-11-19(31-12-16)13-34-24(36)35-23(33-34)21(15-4-9-18(27)10-5-15)20(22(28)32-35)14-2-7-17(26)8-3-14/h2-12H,13H2,1H3. The largest absolute Gasteiger partial charge is 0.367 e. The number of halogens is 5. The minimum atomic E-state index is -3.02. The van der Waals surface area contributed by atoms with Crippen LogP contribution >= 0.6 is 34.8 Å². The Balaban J connectivity index is 1.70. The van der Waals surface area contributed by atoms with E-state index in [-0.39, 0.29) is 22.9 Å². The number of hydrogen-bond acceptors (Lipinski definition) is 4. The normalized spacial score (nSPS) is 11.8. The van der Waals surface area contributed by atoms with E-state index < -0.39 is 11.6 Å². The summed E-state index contributed by atoms with van der Waals surface area (Å²) in [5.74, 6) is -3.02. The molecule has 3 heterocycles. The van der Waals surface area contributed by atoms with Crippen molar-refractivity contribution in [2.75, 3.05) is 0 Å². The van der Waals surface area contributed by atoms with Crippen LogP contribution < -0.4 is 5.69 Å². The monoisotopic (exact) mass is 545 g/mol. The molecule has 0 fully saturated rings. The number of alkyl halides is 2. The topological polar surface area (TPSA) is 65.1 Å². The van der Waals surface area contributed by atoms with Crippen LogP contribution in [0.3, 0.4) is 0 Å². The summed E-state index contributed by atoms with van der Waals surface area (Å²) in [4.78, 5) is 17.3. The van der Waals surface area contributed by atoms with Crippen LogP contribution in [0.2, 0.25) is 15.2 Å². The van der Waals surface area contributed by atoms with E-state index in [2.05, 4.69) is 15.2 Å². The molecule has 0 aliphatic carbocycles. The van der Waals surface area contributed by atoms with Crippen molar-refractivity contribution >= 4 is 40.4 Å². The SMILES string of the molecule is CC(F)(F)c1ccc(Cn2nc3c(-c4ccc(Cl)cc4)c(-c4ccc(Cl)cc4)c(Cl)nn3c2=O)nc1. The minimum Gasteiger partial charge on any atom is -0.259 e. The summed E-state index contributed by atoms with van der Waals surface area (Å²) < 4.78 is 29.3. The van der Waals surface area contributed by atoms with Crippen LogP contribution in [0, 0.1) is 0 Å². The first-order chi connectivity index (χ1) is 17.1. The lowest BCUT2D eigenvalue weighted by atomic mass is 9.97. The second-order valence-electron chi connectivity index (χ2n) is 8.16. The molecule has 0 unspecified atom stereocenters. The summed E-state index contributed by atoms with van der Waals surface area (Å²) in [6.45, 7) is 0.744. The molecule has 0 aliphatic rings. The molecule has 5 rings (SSSR count). The molecule has 0 radical (unpaired) electrons. The molecule has 2 aromatic carbocycles. The molecule has 0 saturated heterocycles. The number of aromatic nitrogens is 5. The van der Waals surface area contributed by atoms with Gasteiger partial charge in [-0.1, -0.05) is 59.1 Å². The first-order valence-corrected chi connectivity index (χ1v) is 11.8. The van der Waals surface area contributed by atoms with Crippen LogP contribution in [0.4, 0.5) is 8.78 Å². The van der Waals surface area contributed by atoms with Crippen molar-refractivity contribution in [3.8, 4) is 22.3 Å². The van der Waals surface area contributed by atoms with Crippen molar-refractivity contribution in [1.29, 1.82) is 0 Å². The molecule has 0 bridgehead atoms. The average Bonchev–Trinajstić information content (AvgIpc) is 3.14. The van der Waals surface area contributed by atoms with Crippen LogP contribution in [0.25, 0.3) is 27.9 Å². The molecule has 0 aliphatic heterocycles. The van der Waals surface area contributed by atoms with Gasteiger partial charge in [0.15, 0.2) is 10.8 Å². The Bertz CT molecular complexity index is 1630. The van der Waals surface area contributed by atoms with Crippen LogP contribution in [0.1, 0.15) is 18.2 Å². The van der Waals surface area contributed by atoms with Crippen molar-refractivity contribution in [2.45, 2.75) is 19.4 Å². The summed E-state index contributed by atoms with van der Waals surface area (Å²) in [6, 6.07) is 16.8. The highest BCUT2D eigenvalue weighted by Gasteiger charge is 2.25. The predicted octanol–water partition coefficient (Wildman–Crippen LogP) is 6.74. The fourth-order valence-electron chi connectivity index (χ4n) is 3.80. The quantitative estimate of drug-likeness (QED) is 0.245. The van der Waals surface area contributed by atoms with Gasteiger partial charge in [-0.25, -0.2) is 18.3 Å². The molecule has 0 atom stereocenters. The summed E-state index contributed by atoms with van der Waals surface area (Å²) in [7, 11) is 0. The second kappa shape index (κ2) is 9.28. The van der Waals surface area contributed by atoms with Gasteiger partial charge < -0.3 is 0 Å². The Morgan fingerprint density at radius 2 is 1.42 bits per heavy atom. The predicted molar refractivity (Wildman–Crippen MR) is 136 cm³/mol. The first kappa shape index (κ1) is 24.4. The maximum Gasteiger partial charge on any atom is 0.367 e. The summed E-state index contributed by atoms with van der Waals surface area (Å²) in [6.07, 6.45) is 1.09. The van der Waals surface area contributed by atoms with Gasteiger partial charge >= 0.3 is 5.69 Å². The lowest BCUT2D eigenvalue weighted by molar-refractivity contribution is 0.0171. The fraction of sp³-hybridized carbons (Fsp3) is 0.120. The second-order valence-corrected chi connectivity index (χ2v) is 9.39. The van der Waals surface area contributed by atoms with Crippen LogP contribution in [0.15, 0.2) is 71.7 Å². The fourth-order valence-corrected chi connectivity index (χ4v) is 4.33. The zero-order chi connectivity index (χ0) is 25.6. The van der Waals surface area contributed by atoms with Gasteiger partial charge in [0, 0.05) is 39.9 Å². The number of hydrogen-bond donors (Lipinski definition) is 0. The molecule has 3 aromatic heterocycles. The van der Waals surface area contributed by atoms with Gasteiger partial charge in [-0.3, -0.25) is 4.98 Å². The zero-order valence-electron chi connectivity index (χ0n) is 18.6. The lowest BCUT2D eigenvalue weighted by Gasteiger charge is -2.12. The Labute approximate surface area is 218 Å². The molecule has 11 heteroatoms. The molecule has 0 saturated carbocycles. The molecule has 0 spiro atoms. The smallest absolute Gasteiger partial charge is 0.259 e. The van der Waals surface area contributed by atoms with Crippen molar-refractivity contribution in [3.63, 3.8) is 0 Å². The molecular weight excluding hydrogens is 531 g/mol. The van der Waals surface area contributed by atoms with E-state index in [9.17, 15) is 13.6 Å². The molecule has 36 heavy (non-hydrogen) atoms. The van der Waals surface area contributed by atoms with E-state index in [0.29, 0.717) is 32.4 Å². The van der Waals surface area contributed by atoms with E-state index in [1.165, 1.54) is 12.1 Å². The third kappa shape index (κ3) is 4.59. The van der Waals surface area contributed by atoms with E-state index in [0.717, 1.165) is 27.9 Å². The third-order valence-corrected chi connectivity index (χ3v) is 6.36. The summed E-state index contributed by atoms with van der Waals surface area (Å²) >= 11 is 18.8. The van der Waals surface area contributed by atoms with E-state index in [4.69, 9.17) is 34.8 Å². The van der Waals surface area contributed by atoms with Gasteiger partial charge in [-0.15, -0.1) is 10.2 Å². The Morgan fingerprint density at radius 3 is 1.94 bits per heavy atom. The molecule has 6 nitrogen and oxygen atoms in total. The van der Waals surface area contributed by atoms with Gasteiger partial charge in [0.05, 0.1) is 12.2 Å². The van der Waals surface area contributed by atoms with E-state index in [1.807, 2.05) is 0 Å². The third-order valence-electron chi connectivity index (χ3n) is 5.59. The van der Waals surface area contributed by atoms with Gasteiger partial charge in [0.2, 0.25) is 0 Å². The van der Waals surface area contributed by atoms with Gasteiger partial charge in [0.25, 0.3) is 5.92 Å². The van der Waals surface area contributed by atoms with E-state index >= 15 is 0 Å². The zero-order valence-corrected chi connectivity index (χ0v) is 20.9. The molecule has 0 amide bonds. The van der Waals surface area contributed by atoms with Gasteiger partial charge in [-0.2, -0.15) is 4.52 Å². The summed E-state index contributed by atoms with van der Waals surface area (Å²) in [5, 5.41) is 9.99. The minimum absolute atomic E-state index is 0.0499. The van der Waals surface area contributed by atoms with Crippen molar-refractivity contribution < 1.29 is 8.78 Å². The molecule has 5 aromatic rings. The van der Waals surface area contributed by atoms with Crippen LogP contribution in [-0.4, -0.2) is 24.4 Å². The average molecular weight is 547 g/mol. The number of pyridine rings is 1. The highest BCUT2D eigenvalue weighted by Crippen LogP contribution is 2.39. The molecular formula is C25H16Cl3F2N5O. The maximum atomic E-state index is 13.5. The van der Waals surface area contributed by atoms with Crippen LogP contribution in [-0.2, 0) is 12.5 Å².